The first-order chi connectivity index (χ1) is 7.56. The fraction of sp³-hybridized carbons (Fsp3) is 0.444. The van der Waals surface area contributed by atoms with Crippen LogP contribution in [-0.4, -0.2) is 33.9 Å². The van der Waals surface area contributed by atoms with Gasteiger partial charge in [0.1, 0.15) is 0 Å². The number of hydrogen-bond acceptors (Lipinski definition) is 4. The van der Waals surface area contributed by atoms with Crippen LogP contribution in [0.25, 0.3) is 0 Å². The van der Waals surface area contributed by atoms with E-state index in [0.717, 1.165) is 5.69 Å². The van der Waals surface area contributed by atoms with Crippen molar-refractivity contribution in [2.24, 2.45) is 5.73 Å². The topological polar surface area (TPSA) is 95.0 Å². The van der Waals surface area contributed by atoms with Crippen LogP contribution in [0.15, 0.2) is 4.79 Å². The van der Waals surface area contributed by atoms with E-state index >= 15 is 0 Å². The van der Waals surface area contributed by atoms with E-state index in [2.05, 4.69) is 9.97 Å². The summed E-state index contributed by atoms with van der Waals surface area (Å²) in [7, 11) is 0. The van der Waals surface area contributed by atoms with E-state index in [0.29, 0.717) is 29.8 Å². The van der Waals surface area contributed by atoms with Gasteiger partial charge in [0.15, 0.2) is 4.77 Å². The molecule has 0 aliphatic carbocycles. The summed E-state index contributed by atoms with van der Waals surface area (Å²) in [4.78, 5) is 29.8. The van der Waals surface area contributed by atoms with Gasteiger partial charge in [-0.2, -0.15) is 0 Å². The van der Waals surface area contributed by atoms with Crippen LogP contribution in [0, 0.1) is 4.77 Å². The molecule has 1 amide bonds. The first-order valence-electron chi connectivity index (χ1n) is 4.91. The first-order valence-corrected chi connectivity index (χ1v) is 5.32. The molecule has 0 saturated carbocycles. The third-order valence-corrected chi connectivity index (χ3v) is 2.77. The number of nitrogens with two attached hydrogens (primary N) is 1. The number of nitrogens with one attached hydrogen (secondary N) is 2. The van der Waals surface area contributed by atoms with Crippen molar-refractivity contribution in [3.05, 3.63) is 26.4 Å². The highest BCUT2D eigenvalue weighted by molar-refractivity contribution is 7.71. The largest absolute Gasteiger partial charge is 0.369 e. The predicted molar refractivity (Wildman–Crippen MR) is 60.4 cm³/mol. The van der Waals surface area contributed by atoms with Crippen LogP contribution in [0.3, 0.4) is 0 Å². The highest BCUT2D eigenvalue weighted by Gasteiger charge is 2.20. The van der Waals surface area contributed by atoms with Gasteiger partial charge < -0.3 is 10.7 Å². The lowest BCUT2D eigenvalue weighted by Crippen LogP contribution is -2.40. The molecular formula is C9H12N4O2S. The van der Waals surface area contributed by atoms with Gasteiger partial charge in [0, 0.05) is 25.2 Å². The SMILES string of the molecule is NC(=O)CN1CCc2[nH]c(=S)[nH]c(=O)c2C1. The van der Waals surface area contributed by atoms with Crippen molar-refractivity contribution in [3.63, 3.8) is 0 Å². The zero-order valence-corrected chi connectivity index (χ0v) is 9.39. The second kappa shape index (κ2) is 4.18. The smallest absolute Gasteiger partial charge is 0.256 e. The van der Waals surface area contributed by atoms with E-state index in [9.17, 15) is 9.59 Å². The van der Waals surface area contributed by atoms with Crippen molar-refractivity contribution in [1.29, 1.82) is 0 Å². The molecule has 0 spiro atoms. The third-order valence-electron chi connectivity index (χ3n) is 2.57. The van der Waals surface area contributed by atoms with E-state index in [4.69, 9.17) is 18.0 Å². The molecule has 2 heterocycles. The highest BCUT2D eigenvalue weighted by Crippen LogP contribution is 2.12. The van der Waals surface area contributed by atoms with Crippen LogP contribution >= 0.6 is 12.2 Å². The van der Waals surface area contributed by atoms with Gasteiger partial charge in [-0.1, -0.05) is 0 Å². The lowest BCUT2D eigenvalue weighted by Gasteiger charge is -2.26. The van der Waals surface area contributed by atoms with Gasteiger partial charge in [-0.05, 0) is 12.2 Å². The molecule has 2 rings (SSSR count). The van der Waals surface area contributed by atoms with Gasteiger partial charge in [-0.15, -0.1) is 0 Å². The molecule has 0 saturated heterocycles. The van der Waals surface area contributed by atoms with Crippen molar-refractivity contribution >= 4 is 18.1 Å². The standard InChI is InChI=1S/C9H12N4O2S/c10-7(14)4-13-2-1-6-5(3-13)8(15)12-9(16)11-6/h1-4H2,(H2,10,14)(H2,11,12,15,16). The maximum Gasteiger partial charge on any atom is 0.256 e. The van der Waals surface area contributed by atoms with Crippen molar-refractivity contribution in [2.45, 2.75) is 13.0 Å². The van der Waals surface area contributed by atoms with Gasteiger partial charge >= 0.3 is 0 Å². The number of H-pyrrole nitrogens is 2. The Hall–Kier alpha value is -1.47. The fourth-order valence-corrected chi connectivity index (χ4v) is 2.08. The Bertz CT molecular complexity index is 533. The third kappa shape index (κ3) is 2.20. The summed E-state index contributed by atoms with van der Waals surface area (Å²) in [6.45, 7) is 1.30. The summed E-state index contributed by atoms with van der Waals surface area (Å²) < 4.78 is 0.340. The molecular weight excluding hydrogens is 228 g/mol. The van der Waals surface area contributed by atoms with Crippen LogP contribution in [0.5, 0.6) is 0 Å². The molecule has 0 radical (unpaired) electrons. The lowest BCUT2D eigenvalue weighted by molar-refractivity contribution is -0.119. The zero-order valence-electron chi connectivity index (χ0n) is 8.58. The zero-order chi connectivity index (χ0) is 11.7. The monoisotopic (exact) mass is 240 g/mol. The van der Waals surface area contributed by atoms with E-state index in [1.165, 1.54) is 0 Å². The molecule has 16 heavy (non-hydrogen) atoms. The van der Waals surface area contributed by atoms with Crippen molar-refractivity contribution < 1.29 is 4.79 Å². The molecule has 86 valence electrons. The van der Waals surface area contributed by atoms with E-state index in [1.807, 2.05) is 4.90 Å². The number of hydrogen-bond donors (Lipinski definition) is 3. The van der Waals surface area contributed by atoms with Gasteiger partial charge in [-0.25, -0.2) is 0 Å². The predicted octanol–water partition coefficient (Wildman–Crippen LogP) is -0.724. The van der Waals surface area contributed by atoms with Crippen LogP contribution < -0.4 is 11.3 Å². The summed E-state index contributed by atoms with van der Waals surface area (Å²) in [5, 5.41) is 0. The molecule has 1 aliphatic rings. The van der Waals surface area contributed by atoms with Crippen LogP contribution in [0.4, 0.5) is 0 Å². The number of amides is 1. The second-order valence-electron chi connectivity index (χ2n) is 3.79. The Kier molecular flexibility index (Phi) is 2.88. The molecule has 1 aromatic rings. The van der Waals surface area contributed by atoms with Gasteiger partial charge in [0.2, 0.25) is 5.91 Å². The van der Waals surface area contributed by atoms with Gasteiger partial charge in [0.05, 0.1) is 12.1 Å². The Morgan fingerprint density at radius 3 is 2.94 bits per heavy atom. The molecule has 0 fully saturated rings. The van der Waals surface area contributed by atoms with Crippen molar-refractivity contribution in [2.75, 3.05) is 13.1 Å². The summed E-state index contributed by atoms with van der Waals surface area (Å²) in [6.07, 6.45) is 0.677. The molecule has 0 bridgehead atoms. The molecule has 1 aromatic heterocycles. The number of carbonyl (C=O) groups excluding carboxylic acids is 1. The average molecular weight is 240 g/mol. The minimum absolute atomic E-state index is 0.175. The van der Waals surface area contributed by atoms with E-state index < -0.39 is 0 Å². The molecule has 0 aromatic carbocycles. The summed E-state index contributed by atoms with van der Waals surface area (Å²) in [6, 6.07) is 0. The van der Waals surface area contributed by atoms with Crippen LogP contribution in [0.1, 0.15) is 11.3 Å². The number of carbonyl (C=O) groups is 1. The molecule has 6 nitrogen and oxygen atoms in total. The Balaban J connectivity index is 2.30. The Labute approximate surface area is 96.5 Å². The van der Waals surface area contributed by atoms with E-state index in [1.54, 1.807) is 0 Å². The number of aromatic amines is 2. The number of primary amides is 1. The van der Waals surface area contributed by atoms with E-state index in [-0.39, 0.29) is 18.0 Å². The lowest BCUT2D eigenvalue weighted by atomic mass is 10.1. The average Bonchev–Trinajstić information content (AvgIpc) is 2.18. The van der Waals surface area contributed by atoms with Gasteiger partial charge in [-0.3, -0.25) is 19.5 Å². The summed E-state index contributed by atoms with van der Waals surface area (Å²) in [5.41, 5.74) is 6.42. The Morgan fingerprint density at radius 1 is 1.50 bits per heavy atom. The minimum Gasteiger partial charge on any atom is -0.369 e. The maximum absolute atomic E-state index is 11.6. The normalized spacial score (nSPS) is 15.8. The molecule has 0 atom stereocenters. The maximum atomic E-state index is 11.6. The number of aromatic nitrogens is 2. The van der Waals surface area contributed by atoms with Gasteiger partial charge in [0.25, 0.3) is 5.56 Å². The highest BCUT2D eigenvalue weighted by atomic mass is 32.1. The van der Waals surface area contributed by atoms with Crippen LogP contribution in [-0.2, 0) is 17.8 Å². The van der Waals surface area contributed by atoms with Crippen LogP contribution in [0.2, 0.25) is 0 Å². The first kappa shape index (κ1) is 11.0. The molecule has 1 aliphatic heterocycles. The number of rotatable bonds is 2. The summed E-state index contributed by atoms with van der Waals surface area (Å²) in [5.74, 6) is -0.385. The molecule has 7 heteroatoms. The minimum atomic E-state index is -0.385. The van der Waals surface area contributed by atoms with Crippen molar-refractivity contribution in [3.8, 4) is 0 Å². The quantitative estimate of drug-likeness (QED) is 0.594. The fourth-order valence-electron chi connectivity index (χ4n) is 1.87. The Morgan fingerprint density at radius 2 is 2.25 bits per heavy atom. The molecule has 0 unspecified atom stereocenters. The second-order valence-corrected chi connectivity index (χ2v) is 4.20. The van der Waals surface area contributed by atoms with Crippen molar-refractivity contribution in [1.82, 2.24) is 14.9 Å². The number of fused-ring (bicyclic) bond motifs is 1. The molecule has 4 N–H and O–H groups in total. The number of nitrogens with zero attached hydrogens (tertiary/aromatic N) is 1. The summed E-state index contributed by atoms with van der Waals surface area (Å²) >= 11 is 4.89.